The summed E-state index contributed by atoms with van der Waals surface area (Å²) in [5.74, 6) is -3.35. The number of carbonyl (C=O) groups excluding carboxylic acids is 1. The second-order valence-electron chi connectivity index (χ2n) is 7.60. The number of pyridine rings is 1. The van der Waals surface area contributed by atoms with Gasteiger partial charge in [-0.2, -0.15) is 0 Å². The first-order valence-electron chi connectivity index (χ1n) is 10.2. The van der Waals surface area contributed by atoms with E-state index in [0.717, 1.165) is 36.9 Å². The third kappa shape index (κ3) is 4.11. The molecule has 0 radical (unpaired) electrons. The molecule has 1 saturated carbocycles. The van der Waals surface area contributed by atoms with Gasteiger partial charge in [0.15, 0.2) is 5.82 Å². The maximum Gasteiger partial charge on any atom is 0.338 e. The van der Waals surface area contributed by atoms with Crippen LogP contribution >= 0.6 is 0 Å². The molecule has 1 amide bonds. The lowest BCUT2D eigenvalue weighted by molar-refractivity contribution is -0.150. The van der Waals surface area contributed by atoms with Crippen molar-refractivity contribution in [2.75, 3.05) is 0 Å². The van der Waals surface area contributed by atoms with E-state index < -0.39 is 23.9 Å². The Morgan fingerprint density at radius 1 is 1.03 bits per heavy atom. The Morgan fingerprint density at radius 3 is 2.42 bits per heavy atom. The summed E-state index contributed by atoms with van der Waals surface area (Å²) in [7, 11) is 0. The number of hydrogen-bond donors (Lipinski definition) is 3. The Bertz CT molecular complexity index is 1120. The zero-order valence-corrected chi connectivity index (χ0v) is 16.7. The van der Waals surface area contributed by atoms with Crippen molar-refractivity contribution in [3.63, 3.8) is 0 Å². The molecule has 2 heterocycles. The van der Waals surface area contributed by atoms with Crippen LogP contribution in [0.3, 0.4) is 0 Å². The van der Waals surface area contributed by atoms with Gasteiger partial charge in [0.25, 0.3) is 5.91 Å². The summed E-state index contributed by atoms with van der Waals surface area (Å²) in [4.78, 5) is 43.8. The molecule has 0 bridgehead atoms. The summed E-state index contributed by atoms with van der Waals surface area (Å²) in [6.07, 6.45) is 7.26. The highest BCUT2D eigenvalue weighted by atomic mass is 16.4. The topological polar surface area (TPSA) is 134 Å². The van der Waals surface area contributed by atoms with Gasteiger partial charge in [-0.1, -0.05) is 25.3 Å². The number of nitrogens with zero attached hydrogens (tertiary/aromatic N) is 3. The van der Waals surface area contributed by atoms with Gasteiger partial charge in [-0.15, -0.1) is 0 Å². The minimum absolute atomic E-state index is 0.140. The van der Waals surface area contributed by atoms with Gasteiger partial charge in [-0.05, 0) is 43.2 Å². The monoisotopic (exact) mass is 422 g/mol. The van der Waals surface area contributed by atoms with Gasteiger partial charge >= 0.3 is 11.9 Å². The molecule has 1 aliphatic rings. The second-order valence-corrected chi connectivity index (χ2v) is 7.60. The molecule has 0 aliphatic heterocycles. The zero-order chi connectivity index (χ0) is 22.0. The fourth-order valence-electron chi connectivity index (χ4n) is 4.07. The van der Waals surface area contributed by atoms with Crippen molar-refractivity contribution in [2.24, 2.45) is 0 Å². The van der Waals surface area contributed by atoms with Crippen LogP contribution < -0.4 is 5.32 Å². The predicted molar refractivity (Wildman–Crippen MR) is 112 cm³/mol. The highest BCUT2D eigenvalue weighted by Gasteiger charge is 2.29. The van der Waals surface area contributed by atoms with Crippen molar-refractivity contribution in [1.29, 1.82) is 0 Å². The Balaban J connectivity index is 1.75. The maximum absolute atomic E-state index is 12.5. The molecule has 9 heteroatoms. The normalized spacial score (nSPS) is 14.6. The number of imidazole rings is 1. The number of carboxylic acid groups (broad SMARTS) is 2. The molecule has 31 heavy (non-hydrogen) atoms. The number of carboxylic acids is 2. The Hall–Kier alpha value is -3.75. The Kier molecular flexibility index (Phi) is 5.66. The lowest BCUT2D eigenvalue weighted by atomic mass is 9.95. The van der Waals surface area contributed by atoms with Gasteiger partial charge in [0.1, 0.15) is 5.69 Å². The first-order valence-corrected chi connectivity index (χ1v) is 10.2. The van der Waals surface area contributed by atoms with E-state index >= 15 is 0 Å². The smallest absolute Gasteiger partial charge is 0.338 e. The molecule has 1 aliphatic carbocycles. The largest absolute Gasteiger partial charge is 0.479 e. The number of aromatic nitrogens is 3. The first kappa shape index (κ1) is 20.5. The predicted octanol–water partition coefficient (Wildman–Crippen LogP) is 2.87. The van der Waals surface area contributed by atoms with Crippen LogP contribution in [0.4, 0.5) is 0 Å². The zero-order valence-electron chi connectivity index (χ0n) is 16.7. The van der Waals surface area contributed by atoms with Crippen LogP contribution in [0.5, 0.6) is 0 Å². The number of carbonyl (C=O) groups is 3. The molecule has 0 unspecified atom stereocenters. The molecule has 3 N–H and O–H groups in total. The molecular weight excluding hydrogens is 400 g/mol. The molecule has 0 atom stereocenters. The summed E-state index contributed by atoms with van der Waals surface area (Å²) in [5.41, 5.74) is 2.30. The minimum atomic E-state index is -2.02. The van der Waals surface area contributed by atoms with Crippen LogP contribution in [0.1, 0.15) is 48.5 Å². The maximum atomic E-state index is 12.5. The molecule has 9 nitrogen and oxygen atoms in total. The van der Waals surface area contributed by atoms with E-state index in [1.165, 1.54) is 6.42 Å². The first-order chi connectivity index (χ1) is 15.0. The molecule has 3 aromatic rings. The van der Waals surface area contributed by atoms with Crippen LogP contribution in [0, 0.1) is 0 Å². The summed E-state index contributed by atoms with van der Waals surface area (Å²) in [6, 6.07) is 8.75. The number of amides is 1. The lowest BCUT2D eigenvalue weighted by Crippen LogP contribution is -2.46. The van der Waals surface area contributed by atoms with Gasteiger partial charge in [-0.3, -0.25) is 9.78 Å². The van der Waals surface area contributed by atoms with Crippen molar-refractivity contribution < 1.29 is 24.6 Å². The Labute approximate surface area is 177 Å². The van der Waals surface area contributed by atoms with E-state index in [4.69, 9.17) is 15.2 Å². The van der Waals surface area contributed by atoms with Crippen molar-refractivity contribution in [3.05, 3.63) is 48.2 Å². The van der Waals surface area contributed by atoms with Crippen molar-refractivity contribution in [3.8, 4) is 11.5 Å². The molecule has 2 aromatic heterocycles. The van der Waals surface area contributed by atoms with Gasteiger partial charge in [0.05, 0.1) is 11.0 Å². The molecule has 1 fully saturated rings. The molecule has 4 rings (SSSR count). The number of hydrogen-bond acceptors (Lipinski definition) is 5. The van der Waals surface area contributed by atoms with Gasteiger partial charge in [0.2, 0.25) is 6.04 Å². The van der Waals surface area contributed by atoms with Crippen LogP contribution in [0.2, 0.25) is 0 Å². The van der Waals surface area contributed by atoms with E-state index in [1.807, 2.05) is 23.5 Å². The van der Waals surface area contributed by atoms with E-state index in [-0.39, 0.29) is 11.6 Å². The SMILES string of the molecule is O=C(NC(C(=O)O)C(=O)O)c1ccc2c(c1)nc(-c1ccccn1)n2C1CCCCC1. The highest BCUT2D eigenvalue weighted by molar-refractivity contribution is 6.05. The summed E-state index contributed by atoms with van der Waals surface area (Å²) < 4.78 is 2.18. The van der Waals surface area contributed by atoms with Gasteiger partial charge in [-0.25, -0.2) is 14.6 Å². The van der Waals surface area contributed by atoms with Gasteiger partial charge in [0, 0.05) is 17.8 Å². The fraction of sp³-hybridized carbons (Fsp3) is 0.318. The number of rotatable bonds is 6. The van der Waals surface area contributed by atoms with E-state index in [9.17, 15) is 14.4 Å². The van der Waals surface area contributed by atoms with Crippen LogP contribution in [-0.2, 0) is 9.59 Å². The average molecular weight is 422 g/mol. The molecule has 1 aromatic carbocycles. The third-order valence-electron chi connectivity index (χ3n) is 5.55. The van der Waals surface area contributed by atoms with E-state index in [2.05, 4.69) is 9.55 Å². The summed E-state index contributed by atoms with van der Waals surface area (Å²) in [5, 5.41) is 20.0. The molecular formula is C22H22N4O5. The summed E-state index contributed by atoms with van der Waals surface area (Å²) >= 11 is 0. The van der Waals surface area contributed by atoms with Crippen molar-refractivity contribution in [1.82, 2.24) is 19.9 Å². The van der Waals surface area contributed by atoms with Crippen LogP contribution in [-0.4, -0.2) is 48.6 Å². The molecule has 160 valence electrons. The number of benzene rings is 1. The van der Waals surface area contributed by atoms with Crippen molar-refractivity contribution in [2.45, 2.75) is 44.2 Å². The second kappa shape index (κ2) is 8.55. The number of nitrogens with one attached hydrogen (secondary N) is 1. The molecule has 0 saturated heterocycles. The van der Waals surface area contributed by atoms with Crippen LogP contribution in [0.25, 0.3) is 22.6 Å². The minimum Gasteiger partial charge on any atom is -0.479 e. The number of fused-ring (bicyclic) bond motifs is 1. The lowest BCUT2D eigenvalue weighted by Gasteiger charge is -2.25. The average Bonchev–Trinajstić information content (AvgIpc) is 3.16. The van der Waals surface area contributed by atoms with Gasteiger partial charge < -0.3 is 20.1 Å². The third-order valence-corrected chi connectivity index (χ3v) is 5.55. The van der Waals surface area contributed by atoms with E-state index in [0.29, 0.717) is 11.3 Å². The fourth-order valence-corrected chi connectivity index (χ4v) is 4.07. The molecule has 0 spiro atoms. The summed E-state index contributed by atoms with van der Waals surface area (Å²) in [6.45, 7) is 0. The van der Waals surface area contributed by atoms with Crippen molar-refractivity contribution >= 4 is 28.9 Å². The standard InChI is InChI=1S/C22H22N4O5/c27-20(25-18(21(28)29)22(30)31)13-9-10-17-16(12-13)24-19(15-8-4-5-11-23-15)26(17)14-6-2-1-3-7-14/h4-5,8-12,14,18H,1-3,6-7H2,(H,25,27)(H,28,29)(H,30,31). The van der Waals surface area contributed by atoms with E-state index in [1.54, 1.807) is 24.4 Å². The quantitative estimate of drug-likeness (QED) is 0.520. The number of aliphatic carboxylic acids is 2. The highest BCUT2D eigenvalue weighted by Crippen LogP contribution is 2.35. The van der Waals surface area contributed by atoms with Crippen LogP contribution in [0.15, 0.2) is 42.6 Å². The Morgan fingerprint density at radius 2 is 1.77 bits per heavy atom.